The third kappa shape index (κ3) is 3.05. The van der Waals surface area contributed by atoms with Crippen LogP contribution in [0.5, 0.6) is 5.75 Å². The van der Waals surface area contributed by atoms with Gasteiger partial charge in [-0.2, -0.15) is 0 Å². The van der Waals surface area contributed by atoms with E-state index in [1.54, 1.807) is 11.3 Å². The van der Waals surface area contributed by atoms with Crippen molar-refractivity contribution in [3.05, 3.63) is 34.7 Å². The molecule has 90 valence electrons. The Labute approximate surface area is 105 Å². The Morgan fingerprint density at radius 1 is 1.29 bits per heavy atom. The van der Waals surface area contributed by atoms with E-state index in [9.17, 15) is 0 Å². The van der Waals surface area contributed by atoms with Gasteiger partial charge in [0.05, 0.1) is 11.8 Å². The summed E-state index contributed by atoms with van der Waals surface area (Å²) in [6.45, 7) is 4.53. The quantitative estimate of drug-likeness (QED) is 0.904. The highest BCUT2D eigenvalue weighted by molar-refractivity contribution is 7.09. The molecule has 0 atom stereocenters. The molecule has 0 amide bonds. The first-order chi connectivity index (χ1) is 8.19. The van der Waals surface area contributed by atoms with Gasteiger partial charge in [-0.1, -0.05) is 0 Å². The van der Waals surface area contributed by atoms with E-state index < -0.39 is 0 Å². The zero-order valence-corrected chi connectivity index (χ0v) is 10.8. The Hall–Kier alpha value is -1.39. The number of rotatable bonds is 4. The lowest BCUT2D eigenvalue weighted by Gasteiger charge is -2.09. The molecule has 0 saturated carbocycles. The van der Waals surface area contributed by atoms with Crippen molar-refractivity contribution in [2.45, 2.75) is 26.5 Å². The summed E-state index contributed by atoms with van der Waals surface area (Å²) in [6, 6.07) is 7.98. The molecule has 0 unspecified atom stereocenters. The van der Waals surface area contributed by atoms with Crippen LogP contribution in [0.4, 0.5) is 0 Å². The number of benzene rings is 1. The molecule has 0 aliphatic carbocycles. The van der Waals surface area contributed by atoms with Crippen molar-refractivity contribution in [1.82, 2.24) is 4.98 Å². The number of nitrogens with zero attached hydrogens (tertiary/aromatic N) is 1. The van der Waals surface area contributed by atoms with E-state index >= 15 is 0 Å². The van der Waals surface area contributed by atoms with Crippen molar-refractivity contribution >= 4 is 11.3 Å². The average molecular weight is 248 g/mol. The highest BCUT2D eigenvalue weighted by atomic mass is 32.1. The second kappa shape index (κ2) is 5.29. The van der Waals surface area contributed by atoms with Crippen molar-refractivity contribution < 1.29 is 4.74 Å². The van der Waals surface area contributed by atoms with Crippen LogP contribution < -0.4 is 10.5 Å². The van der Waals surface area contributed by atoms with Crippen LogP contribution in [0.1, 0.15) is 18.9 Å². The fraction of sp³-hybridized carbons (Fsp3) is 0.308. The first-order valence-electron chi connectivity index (χ1n) is 5.60. The van der Waals surface area contributed by atoms with E-state index in [1.165, 1.54) is 0 Å². The number of aromatic nitrogens is 1. The molecule has 0 aliphatic heterocycles. The molecule has 0 saturated heterocycles. The molecule has 0 radical (unpaired) electrons. The lowest BCUT2D eigenvalue weighted by molar-refractivity contribution is 0.242. The summed E-state index contributed by atoms with van der Waals surface area (Å²) in [7, 11) is 0. The van der Waals surface area contributed by atoms with Gasteiger partial charge in [0.15, 0.2) is 0 Å². The van der Waals surface area contributed by atoms with Crippen molar-refractivity contribution in [3.63, 3.8) is 0 Å². The molecule has 0 fully saturated rings. The van der Waals surface area contributed by atoms with E-state index in [1.807, 2.05) is 43.5 Å². The Balaban J connectivity index is 2.17. The molecule has 1 aromatic carbocycles. The van der Waals surface area contributed by atoms with Gasteiger partial charge in [-0.15, -0.1) is 11.3 Å². The first kappa shape index (κ1) is 12.1. The minimum absolute atomic E-state index is 0.198. The minimum atomic E-state index is 0.198. The summed E-state index contributed by atoms with van der Waals surface area (Å²) >= 11 is 1.59. The van der Waals surface area contributed by atoms with Crippen LogP contribution >= 0.6 is 11.3 Å². The Morgan fingerprint density at radius 3 is 2.53 bits per heavy atom. The van der Waals surface area contributed by atoms with Crippen LogP contribution in [0.2, 0.25) is 0 Å². The molecule has 2 aromatic rings. The van der Waals surface area contributed by atoms with Gasteiger partial charge in [-0.3, -0.25) is 0 Å². The highest BCUT2D eigenvalue weighted by Crippen LogP contribution is 2.24. The van der Waals surface area contributed by atoms with Gasteiger partial charge in [-0.05, 0) is 38.1 Å². The first-order valence-corrected chi connectivity index (χ1v) is 6.48. The fourth-order valence-electron chi connectivity index (χ4n) is 1.51. The van der Waals surface area contributed by atoms with Crippen molar-refractivity contribution in [2.75, 3.05) is 0 Å². The van der Waals surface area contributed by atoms with Crippen molar-refractivity contribution in [3.8, 4) is 17.0 Å². The number of hydrogen-bond acceptors (Lipinski definition) is 4. The van der Waals surface area contributed by atoms with Gasteiger partial charge in [0.25, 0.3) is 0 Å². The van der Waals surface area contributed by atoms with E-state index in [-0.39, 0.29) is 6.10 Å². The Morgan fingerprint density at radius 2 is 2.00 bits per heavy atom. The molecule has 0 spiro atoms. The van der Waals surface area contributed by atoms with Gasteiger partial charge >= 0.3 is 0 Å². The SMILES string of the molecule is CC(C)Oc1ccc(-c2csc(CN)n2)cc1. The molecule has 17 heavy (non-hydrogen) atoms. The Bertz CT molecular complexity index is 476. The van der Waals surface area contributed by atoms with Crippen LogP contribution in [-0.4, -0.2) is 11.1 Å². The predicted octanol–water partition coefficient (Wildman–Crippen LogP) is 3.06. The number of nitrogens with two attached hydrogens (primary N) is 1. The summed E-state index contributed by atoms with van der Waals surface area (Å²) in [6.07, 6.45) is 0.198. The molecular formula is C13H16N2OS. The van der Waals surface area contributed by atoms with Gasteiger partial charge in [0.2, 0.25) is 0 Å². The molecule has 0 bridgehead atoms. The molecule has 0 aliphatic rings. The maximum absolute atomic E-state index is 5.59. The predicted molar refractivity (Wildman–Crippen MR) is 71.2 cm³/mol. The molecule has 4 heteroatoms. The molecule has 2 rings (SSSR count). The normalized spacial score (nSPS) is 10.8. The minimum Gasteiger partial charge on any atom is -0.491 e. The lowest BCUT2D eigenvalue weighted by Crippen LogP contribution is -2.05. The summed E-state index contributed by atoms with van der Waals surface area (Å²) in [5.74, 6) is 0.887. The number of hydrogen-bond donors (Lipinski definition) is 1. The van der Waals surface area contributed by atoms with E-state index in [0.29, 0.717) is 6.54 Å². The second-order valence-electron chi connectivity index (χ2n) is 4.02. The summed E-state index contributed by atoms with van der Waals surface area (Å²) < 4.78 is 5.59. The van der Waals surface area contributed by atoms with Crippen LogP contribution in [0.25, 0.3) is 11.3 Å². The molecule has 1 heterocycles. The standard InChI is InChI=1S/C13H16N2OS/c1-9(2)16-11-5-3-10(4-6-11)12-8-17-13(7-14)15-12/h3-6,8-9H,7,14H2,1-2H3. The van der Waals surface area contributed by atoms with E-state index in [4.69, 9.17) is 10.5 Å². The van der Waals surface area contributed by atoms with Gasteiger partial charge in [0.1, 0.15) is 10.8 Å². The van der Waals surface area contributed by atoms with Gasteiger partial charge in [0, 0.05) is 17.5 Å². The zero-order valence-electron chi connectivity index (χ0n) is 10.0. The topological polar surface area (TPSA) is 48.1 Å². The number of ether oxygens (including phenoxy) is 1. The van der Waals surface area contributed by atoms with Crippen LogP contribution in [0, 0.1) is 0 Å². The second-order valence-corrected chi connectivity index (χ2v) is 4.96. The van der Waals surface area contributed by atoms with Crippen LogP contribution in [-0.2, 0) is 6.54 Å². The monoisotopic (exact) mass is 248 g/mol. The molecule has 3 nitrogen and oxygen atoms in total. The lowest BCUT2D eigenvalue weighted by atomic mass is 10.2. The summed E-state index contributed by atoms with van der Waals surface area (Å²) in [4.78, 5) is 4.44. The third-order valence-corrected chi connectivity index (χ3v) is 3.12. The van der Waals surface area contributed by atoms with E-state index in [0.717, 1.165) is 22.0 Å². The van der Waals surface area contributed by atoms with Crippen molar-refractivity contribution in [1.29, 1.82) is 0 Å². The molecule has 2 N–H and O–H groups in total. The molecular weight excluding hydrogens is 232 g/mol. The largest absolute Gasteiger partial charge is 0.491 e. The average Bonchev–Trinajstić information content (AvgIpc) is 2.78. The maximum Gasteiger partial charge on any atom is 0.119 e. The fourth-order valence-corrected chi connectivity index (χ4v) is 2.20. The Kier molecular flexibility index (Phi) is 3.76. The van der Waals surface area contributed by atoms with Gasteiger partial charge < -0.3 is 10.5 Å². The summed E-state index contributed by atoms with van der Waals surface area (Å²) in [5.41, 5.74) is 7.62. The maximum atomic E-state index is 5.59. The smallest absolute Gasteiger partial charge is 0.119 e. The zero-order chi connectivity index (χ0) is 12.3. The highest BCUT2D eigenvalue weighted by Gasteiger charge is 2.04. The van der Waals surface area contributed by atoms with E-state index in [2.05, 4.69) is 4.98 Å². The number of thiazole rings is 1. The van der Waals surface area contributed by atoms with Crippen LogP contribution in [0.3, 0.4) is 0 Å². The van der Waals surface area contributed by atoms with Gasteiger partial charge in [-0.25, -0.2) is 4.98 Å². The summed E-state index contributed by atoms with van der Waals surface area (Å²) in [5, 5.41) is 2.99. The third-order valence-electron chi connectivity index (χ3n) is 2.25. The van der Waals surface area contributed by atoms with Crippen LogP contribution in [0.15, 0.2) is 29.6 Å². The molecule has 1 aromatic heterocycles. The van der Waals surface area contributed by atoms with Crippen molar-refractivity contribution in [2.24, 2.45) is 5.73 Å².